The van der Waals surface area contributed by atoms with Gasteiger partial charge in [-0.25, -0.2) is 4.79 Å². The molecule has 0 aromatic heterocycles. The Morgan fingerprint density at radius 3 is 3.00 bits per heavy atom. The summed E-state index contributed by atoms with van der Waals surface area (Å²) in [5, 5.41) is 13.5. The molecule has 0 spiro atoms. The average Bonchev–Trinajstić information content (AvgIpc) is 2.60. The number of nitrogens with one attached hydrogen (secondary N) is 1. The lowest BCUT2D eigenvalue weighted by atomic mass is 10.1. The van der Waals surface area contributed by atoms with Crippen LogP contribution in [-0.2, 0) is 9.53 Å². The van der Waals surface area contributed by atoms with Crippen molar-refractivity contribution in [1.82, 2.24) is 10.2 Å². The van der Waals surface area contributed by atoms with Crippen LogP contribution in [0.5, 0.6) is 0 Å². The first-order valence-electron chi connectivity index (χ1n) is 8.14. The van der Waals surface area contributed by atoms with Gasteiger partial charge >= 0.3 is 6.09 Å². The summed E-state index contributed by atoms with van der Waals surface area (Å²) < 4.78 is 4.85. The number of likely N-dealkylation sites (tertiary alicyclic amines) is 1. The number of alkyl carbamates (subject to hydrolysis) is 1. The van der Waals surface area contributed by atoms with Gasteiger partial charge in [0, 0.05) is 37.3 Å². The number of hydrogen-bond acceptors (Lipinski definition) is 5. The Balaban J connectivity index is 1.94. The maximum atomic E-state index is 12.3. The molecule has 1 aliphatic rings. The molecule has 2 amide bonds. The molecule has 0 saturated carbocycles. The van der Waals surface area contributed by atoms with Gasteiger partial charge in [0.05, 0.1) is 11.5 Å². The number of carbonyl (C=O) groups is 2. The second-order valence-electron chi connectivity index (χ2n) is 5.67. The number of hydrogen-bond donors (Lipinski definition) is 1. The van der Waals surface area contributed by atoms with Crippen molar-refractivity contribution in [3.63, 3.8) is 0 Å². The molecule has 8 heteroatoms. The first-order chi connectivity index (χ1) is 12.0. The zero-order chi connectivity index (χ0) is 18.2. The van der Waals surface area contributed by atoms with E-state index in [1.165, 1.54) is 18.2 Å². The molecule has 134 valence electrons. The van der Waals surface area contributed by atoms with Gasteiger partial charge in [-0.1, -0.05) is 12.1 Å². The van der Waals surface area contributed by atoms with Crippen molar-refractivity contribution in [2.24, 2.45) is 0 Å². The fourth-order valence-electron chi connectivity index (χ4n) is 2.65. The Labute approximate surface area is 145 Å². The van der Waals surface area contributed by atoms with E-state index in [-0.39, 0.29) is 17.6 Å². The molecule has 0 unspecified atom stereocenters. The summed E-state index contributed by atoms with van der Waals surface area (Å²) in [7, 11) is 0. The first kappa shape index (κ1) is 18.4. The third-order valence-corrected chi connectivity index (χ3v) is 3.83. The van der Waals surface area contributed by atoms with Crippen molar-refractivity contribution < 1.29 is 19.2 Å². The van der Waals surface area contributed by atoms with Crippen LogP contribution in [0.15, 0.2) is 30.3 Å². The number of piperidine rings is 1. The summed E-state index contributed by atoms with van der Waals surface area (Å²) in [4.78, 5) is 35.7. The minimum atomic E-state index is -0.478. The highest BCUT2D eigenvalue weighted by atomic mass is 16.6. The summed E-state index contributed by atoms with van der Waals surface area (Å²) >= 11 is 0. The molecule has 25 heavy (non-hydrogen) atoms. The summed E-state index contributed by atoms with van der Waals surface area (Å²) in [6.45, 7) is 3.05. The Morgan fingerprint density at radius 1 is 1.48 bits per heavy atom. The van der Waals surface area contributed by atoms with Crippen molar-refractivity contribution in [1.29, 1.82) is 0 Å². The zero-order valence-corrected chi connectivity index (χ0v) is 14.0. The Kier molecular flexibility index (Phi) is 6.50. The molecule has 2 rings (SSSR count). The van der Waals surface area contributed by atoms with Crippen LogP contribution in [0.1, 0.15) is 25.3 Å². The smallest absolute Gasteiger partial charge is 0.407 e. The molecule has 1 heterocycles. The molecule has 1 aromatic rings. The lowest BCUT2D eigenvalue weighted by molar-refractivity contribution is -0.384. The second kappa shape index (κ2) is 8.81. The number of amides is 2. The Hall–Kier alpha value is -2.90. The molecular weight excluding hydrogens is 326 g/mol. The van der Waals surface area contributed by atoms with Gasteiger partial charge in [0.25, 0.3) is 5.69 Å². The molecule has 1 aliphatic heterocycles. The molecule has 8 nitrogen and oxygen atoms in total. The number of rotatable bonds is 5. The van der Waals surface area contributed by atoms with E-state index in [2.05, 4.69) is 5.32 Å². The summed E-state index contributed by atoms with van der Waals surface area (Å²) in [6, 6.07) is 5.93. The van der Waals surface area contributed by atoms with Crippen LogP contribution in [0.25, 0.3) is 6.08 Å². The number of carbonyl (C=O) groups excluding carboxylic acids is 2. The highest BCUT2D eigenvalue weighted by Gasteiger charge is 2.23. The van der Waals surface area contributed by atoms with Crippen LogP contribution in [0, 0.1) is 10.1 Å². The van der Waals surface area contributed by atoms with Crippen LogP contribution in [0.4, 0.5) is 10.5 Å². The maximum absolute atomic E-state index is 12.3. The van der Waals surface area contributed by atoms with Crippen LogP contribution in [0.3, 0.4) is 0 Å². The van der Waals surface area contributed by atoms with E-state index < -0.39 is 11.0 Å². The highest BCUT2D eigenvalue weighted by Crippen LogP contribution is 2.15. The second-order valence-corrected chi connectivity index (χ2v) is 5.67. The van der Waals surface area contributed by atoms with E-state index >= 15 is 0 Å². The first-order valence-corrected chi connectivity index (χ1v) is 8.14. The van der Waals surface area contributed by atoms with Crippen molar-refractivity contribution in [2.45, 2.75) is 25.8 Å². The largest absolute Gasteiger partial charge is 0.450 e. The normalized spacial score (nSPS) is 17.3. The predicted octanol–water partition coefficient (Wildman–Crippen LogP) is 2.35. The summed E-state index contributed by atoms with van der Waals surface area (Å²) in [6.07, 6.45) is 4.04. The fourth-order valence-corrected chi connectivity index (χ4v) is 2.65. The molecule has 1 fully saturated rings. The van der Waals surface area contributed by atoms with Crippen LogP contribution >= 0.6 is 0 Å². The zero-order valence-electron chi connectivity index (χ0n) is 14.0. The fraction of sp³-hybridized carbons (Fsp3) is 0.412. The number of ether oxygens (including phenoxy) is 1. The van der Waals surface area contributed by atoms with Gasteiger partial charge in [-0.3, -0.25) is 14.9 Å². The quantitative estimate of drug-likeness (QED) is 0.500. The van der Waals surface area contributed by atoms with Gasteiger partial charge in [-0.15, -0.1) is 0 Å². The highest BCUT2D eigenvalue weighted by molar-refractivity contribution is 5.92. The molecule has 0 bridgehead atoms. The standard InChI is InChI=1S/C17H21N3O5/c1-2-25-17(22)18-14-6-4-10-19(12-14)16(21)9-8-13-5-3-7-15(11-13)20(23)24/h3,5,7-9,11,14H,2,4,6,10,12H2,1H3,(H,18,22)/b9-8+/t14-/m0/s1. The number of nitrogens with zero attached hydrogens (tertiary/aromatic N) is 2. The monoisotopic (exact) mass is 347 g/mol. The number of non-ortho nitro benzene ring substituents is 1. The summed E-state index contributed by atoms with van der Waals surface area (Å²) in [5.41, 5.74) is 0.562. The molecular formula is C17H21N3O5. The van der Waals surface area contributed by atoms with Gasteiger partial charge in [0.15, 0.2) is 0 Å². The lowest BCUT2D eigenvalue weighted by Crippen LogP contribution is -2.49. The molecule has 1 aromatic carbocycles. The average molecular weight is 347 g/mol. The Morgan fingerprint density at radius 2 is 2.28 bits per heavy atom. The maximum Gasteiger partial charge on any atom is 0.407 e. The van der Waals surface area contributed by atoms with E-state index in [9.17, 15) is 19.7 Å². The van der Waals surface area contributed by atoms with E-state index in [0.717, 1.165) is 12.8 Å². The molecule has 1 N–H and O–H groups in total. The number of nitro benzene ring substituents is 1. The lowest BCUT2D eigenvalue weighted by Gasteiger charge is -2.32. The molecule has 1 atom stereocenters. The third-order valence-electron chi connectivity index (χ3n) is 3.83. The van der Waals surface area contributed by atoms with Crippen molar-refractivity contribution in [3.05, 3.63) is 46.0 Å². The van der Waals surface area contributed by atoms with Crippen LogP contribution in [0.2, 0.25) is 0 Å². The van der Waals surface area contributed by atoms with Gasteiger partial charge < -0.3 is 15.0 Å². The molecule has 0 aliphatic carbocycles. The van der Waals surface area contributed by atoms with Gasteiger partial charge in [-0.2, -0.15) is 0 Å². The van der Waals surface area contributed by atoms with Crippen LogP contribution in [-0.4, -0.2) is 47.6 Å². The molecule has 0 radical (unpaired) electrons. The van der Waals surface area contributed by atoms with Crippen molar-refractivity contribution >= 4 is 23.8 Å². The van der Waals surface area contributed by atoms with E-state index in [0.29, 0.717) is 25.3 Å². The van der Waals surface area contributed by atoms with Gasteiger partial charge in [0.1, 0.15) is 0 Å². The van der Waals surface area contributed by atoms with Gasteiger partial charge in [-0.05, 0) is 31.4 Å². The van der Waals surface area contributed by atoms with Crippen molar-refractivity contribution in [3.8, 4) is 0 Å². The minimum absolute atomic E-state index is 0.0220. The van der Waals surface area contributed by atoms with E-state index in [1.807, 2.05) is 0 Å². The van der Waals surface area contributed by atoms with E-state index in [4.69, 9.17) is 4.74 Å². The summed E-state index contributed by atoms with van der Waals surface area (Å²) in [5.74, 6) is -0.193. The van der Waals surface area contributed by atoms with Crippen LogP contribution < -0.4 is 5.32 Å². The predicted molar refractivity (Wildman–Crippen MR) is 91.9 cm³/mol. The van der Waals surface area contributed by atoms with Gasteiger partial charge in [0.2, 0.25) is 5.91 Å². The molecule has 1 saturated heterocycles. The van der Waals surface area contributed by atoms with Crippen molar-refractivity contribution in [2.75, 3.05) is 19.7 Å². The topological polar surface area (TPSA) is 102 Å². The number of nitro groups is 1. The third kappa shape index (κ3) is 5.59. The Bertz CT molecular complexity index is 674. The minimum Gasteiger partial charge on any atom is -0.450 e. The SMILES string of the molecule is CCOC(=O)N[C@H]1CCCN(C(=O)/C=C/c2cccc([N+](=O)[O-])c2)C1. The number of benzene rings is 1. The van der Waals surface area contributed by atoms with E-state index in [1.54, 1.807) is 30.0 Å².